The zero-order valence-electron chi connectivity index (χ0n) is 32.5. The Labute approximate surface area is 321 Å². The summed E-state index contributed by atoms with van der Waals surface area (Å²) in [5.41, 5.74) is 0.482. The van der Waals surface area contributed by atoms with Crippen LogP contribution in [0.25, 0.3) is 0 Å². The standard InChI is InChI=1S/C42H66N8O4/c1-3-53-42(51)22-19-20-30(32(21-22)52-2)54-31-18-10-17-29-33(31)41-49-39-28-16-9-8-15-27(28)37(47-39)45-35-24-12-5-4-11-23(24)34(43-35)44-36-25-13-6-7-14-26(25)38(46-36)48-40(29)50-41/h19-21,23-29,31,33-41,43-50H,3-18H2,1-2H3. The first-order valence-corrected chi connectivity index (χ1v) is 22.2. The number of fused-ring (bicyclic) bond motifs is 20. The molecule has 8 bridgehead atoms. The van der Waals surface area contributed by atoms with Crippen LogP contribution >= 0.6 is 0 Å². The number of benzene rings is 1. The largest absolute Gasteiger partial charge is 0.493 e. The highest BCUT2D eigenvalue weighted by Crippen LogP contribution is 2.47. The van der Waals surface area contributed by atoms with Gasteiger partial charge in [0.15, 0.2) is 11.5 Å². The Morgan fingerprint density at radius 1 is 0.537 bits per heavy atom. The molecule has 0 amide bonds. The number of nitrogens with one attached hydrogen (secondary N) is 8. The zero-order chi connectivity index (χ0) is 36.3. The summed E-state index contributed by atoms with van der Waals surface area (Å²) in [5, 5.41) is 33.8. The summed E-state index contributed by atoms with van der Waals surface area (Å²) in [6, 6.07) is 5.47. The third kappa shape index (κ3) is 6.58. The van der Waals surface area contributed by atoms with Gasteiger partial charge in [-0.1, -0.05) is 38.5 Å². The molecule has 4 aliphatic carbocycles. The van der Waals surface area contributed by atoms with Crippen LogP contribution in [0, 0.1) is 47.3 Å². The third-order valence-corrected chi connectivity index (χ3v) is 15.8. The van der Waals surface area contributed by atoms with Gasteiger partial charge in [0.05, 0.1) is 68.6 Å². The number of rotatable bonds is 5. The summed E-state index contributed by atoms with van der Waals surface area (Å²) in [6.45, 7) is 2.16. The predicted molar refractivity (Wildman–Crippen MR) is 206 cm³/mol. The second-order valence-corrected chi connectivity index (χ2v) is 18.4. The number of carbonyl (C=O) groups is 1. The average molecular weight is 747 g/mol. The minimum Gasteiger partial charge on any atom is -0.493 e. The van der Waals surface area contributed by atoms with Crippen molar-refractivity contribution in [3.05, 3.63) is 23.8 Å². The maximum Gasteiger partial charge on any atom is 0.338 e. The Hall–Kier alpha value is -2.03. The van der Waals surface area contributed by atoms with E-state index in [9.17, 15) is 4.79 Å². The topological polar surface area (TPSA) is 141 Å². The average Bonchev–Trinajstić information content (AvgIpc) is 3.94. The fourth-order valence-corrected chi connectivity index (χ4v) is 13.4. The van der Waals surface area contributed by atoms with E-state index in [1.807, 2.05) is 19.1 Å². The summed E-state index contributed by atoms with van der Waals surface area (Å²) in [7, 11) is 1.65. The van der Waals surface area contributed by atoms with Gasteiger partial charge in [-0.05, 0) is 124 Å². The molecule has 0 radical (unpaired) electrons. The molecular formula is C42H66N8O4. The zero-order valence-corrected chi connectivity index (χ0v) is 32.5. The van der Waals surface area contributed by atoms with Crippen molar-refractivity contribution in [3.63, 3.8) is 0 Å². The van der Waals surface area contributed by atoms with E-state index >= 15 is 0 Å². The minimum absolute atomic E-state index is 0.000921. The van der Waals surface area contributed by atoms with Crippen LogP contribution < -0.4 is 52.0 Å². The van der Waals surface area contributed by atoms with Crippen LogP contribution in [0.4, 0.5) is 0 Å². The first-order valence-electron chi connectivity index (χ1n) is 22.2. The van der Waals surface area contributed by atoms with Crippen molar-refractivity contribution < 1.29 is 19.0 Å². The van der Waals surface area contributed by atoms with E-state index in [-0.39, 0.29) is 42.7 Å². The first kappa shape index (κ1) is 36.3. The van der Waals surface area contributed by atoms with Crippen molar-refractivity contribution in [1.29, 1.82) is 0 Å². The fraction of sp³-hybridized carbons (Fsp3) is 0.833. The smallest absolute Gasteiger partial charge is 0.338 e. The molecule has 5 saturated heterocycles. The molecule has 298 valence electrons. The lowest BCUT2D eigenvalue weighted by Crippen LogP contribution is -2.62. The minimum atomic E-state index is -0.341. The molecule has 10 rings (SSSR count). The SMILES string of the molecule is CCOC(=O)c1ccc(OC2CCCC3C4NC5NC(NC6NC(NC7NC(NC(N4)C23)C2CCCCC72)C2CCCCC62)C2CCCCC52)c(OC)c1. The molecule has 4 saturated carbocycles. The van der Waals surface area contributed by atoms with Crippen molar-refractivity contribution in [1.82, 2.24) is 42.5 Å². The lowest BCUT2D eigenvalue weighted by molar-refractivity contribution is 0.0406. The molecule has 0 spiro atoms. The Morgan fingerprint density at radius 2 is 0.944 bits per heavy atom. The van der Waals surface area contributed by atoms with Crippen molar-refractivity contribution in [3.8, 4) is 11.5 Å². The van der Waals surface area contributed by atoms with E-state index < -0.39 is 0 Å². The summed E-state index contributed by atoms with van der Waals surface area (Å²) in [4.78, 5) is 12.6. The van der Waals surface area contributed by atoms with Gasteiger partial charge in [-0.25, -0.2) is 4.79 Å². The number of carbonyl (C=O) groups excluding carboxylic acids is 1. The second-order valence-electron chi connectivity index (χ2n) is 18.4. The molecule has 12 heteroatoms. The molecule has 5 heterocycles. The van der Waals surface area contributed by atoms with Crippen molar-refractivity contribution in [2.75, 3.05) is 13.7 Å². The number of hydrogen-bond donors (Lipinski definition) is 8. The molecule has 17 unspecified atom stereocenters. The van der Waals surface area contributed by atoms with Crippen LogP contribution in [0.3, 0.4) is 0 Å². The van der Waals surface area contributed by atoms with Gasteiger partial charge in [0.2, 0.25) is 0 Å². The predicted octanol–water partition coefficient (Wildman–Crippen LogP) is 3.85. The Morgan fingerprint density at radius 3 is 1.37 bits per heavy atom. The van der Waals surface area contributed by atoms with Crippen LogP contribution in [-0.4, -0.2) is 75.1 Å². The van der Waals surface area contributed by atoms with Crippen LogP contribution in [0.5, 0.6) is 11.5 Å². The molecule has 5 aliphatic heterocycles. The van der Waals surface area contributed by atoms with Gasteiger partial charge < -0.3 is 14.2 Å². The van der Waals surface area contributed by atoms with Crippen molar-refractivity contribution in [2.24, 2.45) is 47.3 Å². The quantitative estimate of drug-likeness (QED) is 0.208. The molecule has 54 heavy (non-hydrogen) atoms. The summed E-state index contributed by atoms with van der Waals surface area (Å²) < 4.78 is 18.1. The monoisotopic (exact) mass is 747 g/mol. The molecule has 8 N–H and O–H groups in total. The van der Waals surface area contributed by atoms with Gasteiger partial charge in [0.25, 0.3) is 0 Å². The number of esters is 1. The van der Waals surface area contributed by atoms with Crippen molar-refractivity contribution in [2.45, 2.75) is 159 Å². The van der Waals surface area contributed by atoms with Gasteiger partial charge in [0, 0.05) is 5.92 Å². The maximum absolute atomic E-state index is 12.6. The van der Waals surface area contributed by atoms with Gasteiger partial charge >= 0.3 is 5.97 Å². The van der Waals surface area contributed by atoms with Gasteiger partial charge in [0.1, 0.15) is 6.10 Å². The Balaban J connectivity index is 0.973. The highest BCUT2D eigenvalue weighted by Gasteiger charge is 2.56. The maximum atomic E-state index is 12.6. The lowest BCUT2D eigenvalue weighted by Gasteiger charge is -2.39. The molecule has 0 aromatic heterocycles. The summed E-state index contributed by atoms with van der Waals surface area (Å²) >= 11 is 0. The number of hydrogen-bond acceptors (Lipinski definition) is 12. The Bertz CT molecular complexity index is 1500. The van der Waals surface area contributed by atoms with E-state index in [2.05, 4.69) is 42.5 Å². The number of methoxy groups -OCH3 is 1. The van der Waals surface area contributed by atoms with Crippen LogP contribution in [-0.2, 0) is 4.74 Å². The molecule has 9 aliphatic rings. The van der Waals surface area contributed by atoms with E-state index in [0.717, 1.165) is 12.8 Å². The van der Waals surface area contributed by atoms with Crippen LogP contribution in [0.1, 0.15) is 114 Å². The highest BCUT2D eigenvalue weighted by atomic mass is 16.5. The van der Waals surface area contributed by atoms with Gasteiger partial charge in [-0.2, -0.15) is 0 Å². The number of ether oxygens (including phenoxy) is 3. The second kappa shape index (κ2) is 15.4. The molecular weight excluding hydrogens is 681 g/mol. The van der Waals surface area contributed by atoms with Crippen LogP contribution in [0.15, 0.2) is 18.2 Å². The summed E-state index contributed by atoms with van der Waals surface area (Å²) in [5.74, 6) is 5.43. The van der Waals surface area contributed by atoms with Gasteiger partial charge in [-0.3, -0.25) is 42.5 Å². The summed E-state index contributed by atoms with van der Waals surface area (Å²) in [6.07, 6.45) is 21.1. The third-order valence-electron chi connectivity index (χ3n) is 15.8. The molecule has 17 atom stereocenters. The van der Waals surface area contributed by atoms with E-state index in [4.69, 9.17) is 14.2 Å². The normalized spacial score (nSPS) is 46.8. The van der Waals surface area contributed by atoms with Crippen LogP contribution in [0.2, 0.25) is 0 Å². The molecule has 9 fully saturated rings. The lowest BCUT2D eigenvalue weighted by atomic mass is 9.75. The molecule has 12 nitrogen and oxygen atoms in total. The van der Waals surface area contributed by atoms with Gasteiger partial charge in [-0.15, -0.1) is 0 Å². The fourth-order valence-electron chi connectivity index (χ4n) is 13.4. The highest BCUT2D eigenvalue weighted by molar-refractivity contribution is 5.90. The first-order chi connectivity index (χ1) is 26.6. The molecule has 1 aromatic rings. The van der Waals surface area contributed by atoms with Crippen molar-refractivity contribution >= 4 is 5.97 Å². The van der Waals surface area contributed by atoms with E-state index in [1.165, 1.54) is 83.5 Å². The Kier molecular flexibility index (Phi) is 10.3. The molecule has 1 aromatic carbocycles. The van der Waals surface area contributed by atoms with E-state index in [1.54, 1.807) is 13.2 Å². The van der Waals surface area contributed by atoms with E-state index in [0.29, 0.717) is 89.8 Å².